The summed E-state index contributed by atoms with van der Waals surface area (Å²) in [6.07, 6.45) is 5.92. The van der Waals surface area contributed by atoms with Gasteiger partial charge in [-0.25, -0.2) is 0 Å². The molecule has 2 aromatic heterocycles. The maximum Gasteiger partial charge on any atom is 0.258 e. The van der Waals surface area contributed by atoms with Crippen molar-refractivity contribution in [2.45, 2.75) is 18.9 Å². The van der Waals surface area contributed by atoms with E-state index in [2.05, 4.69) is 45.7 Å². The van der Waals surface area contributed by atoms with Crippen LogP contribution in [-0.4, -0.2) is 31.4 Å². The number of rotatable bonds is 3. The Hall–Kier alpha value is -3.66. The molecule has 1 aliphatic rings. The second kappa shape index (κ2) is 6.50. The summed E-state index contributed by atoms with van der Waals surface area (Å²) < 4.78 is 7.37. The van der Waals surface area contributed by atoms with Crippen LogP contribution in [0.1, 0.15) is 24.7 Å². The molecule has 0 aliphatic carbocycles. The first-order valence-electron chi connectivity index (χ1n) is 9.25. The van der Waals surface area contributed by atoms with E-state index < -0.39 is 0 Å². The summed E-state index contributed by atoms with van der Waals surface area (Å²) in [5, 5.41) is 18.8. The Morgan fingerprint density at radius 1 is 1.14 bits per heavy atom. The average molecular weight is 370 g/mol. The van der Waals surface area contributed by atoms with Gasteiger partial charge in [0.05, 0.1) is 11.7 Å². The molecule has 1 fully saturated rings. The molecule has 7 nitrogen and oxygen atoms in total. The fourth-order valence-corrected chi connectivity index (χ4v) is 3.82. The van der Waals surface area contributed by atoms with Gasteiger partial charge in [0.2, 0.25) is 0 Å². The van der Waals surface area contributed by atoms with Gasteiger partial charge in [-0.2, -0.15) is 15.3 Å². The first kappa shape index (κ1) is 16.5. The highest BCUT2D eigenvalue weighted by Gasteiger charge is 2.29. The Morgan fingerprint density at radius 3 is 2.89 bits per heavy atom. The zero-order chi connectivity index (χ0) is 19.1. The monoisotopic (exact) mass is 370 g/mol. The molecule has 1 atom stereocenters. The number of hydrogen-bond acceptors (Lipinski definition) is 6. The third-order valence-corrected chi connectivity index (χ3v) is 5.31. The summed E-state index contributed by atoms with van der Waals surface area (Å²) in [5.74, 6) is 1.06. The molecule has 0 spiro atoms. The molecule has 0 radical (unpaired) electrons. The Balaban J connectivity index is 1.48. The SMILES string of the molecule is Cn1ncc2cc(-c3cccc(-c4nc(C5CCCN5C#N)no4)c3)ccc21. The first-order valence-corrected chi connectivity index (χ1v) is 9.25. The largest absolute Gasteiger partial charge is 0.334 e. The smallest absolute Gasteiger partial charge is 0.258 e. The van der Waals surface area contributed by atoms with Crippen molar-refractivity contribution in [3.8, 4) is 28.8 Å². The number of fused-ring (bicyclic) bond motifs is 1. The van der Waals surface area contributed by atoms with Gasteiger partial charge in [-0.05, 0) is 48.2 Å². The van der Waals surface area contributed by atoms with Gasteiger partial charge in [0, 0.05) is 24.5 Å². The maximum atomic E-state index is 9.24. The molecule has 1 saturated heterocycles. The number of benzene rings is 2. The van der Waals surface area contributed by atoms with Crippen molar-refractivity contribution < 1.29 is 4.52 Å². The number of aromatic nitrogens is 4. The van der Waals surface area contributed by atoms with E-state index in [0.717, 1.165) is 47.0 Å². The van der Waals surface area contributed by atoms with Crippen LogP contribution in [0.25, 0.3) is 33.5 Å². The molecule has 5 rings (SSSR count). The molecule has 138 valence electrons. The van der Waals surface area contributed by atoms with Crippen LogP contribution < -0.4 is 0 Å². The van der Waals surface area contributed by atoms with Gasteiger partial charge in [0.25, 0.3) is 5.89 Å². The number of nitrogens with zero attached hydrogens (tertiary/aromatic N) is 6. The minimum absolute atomic E-state index is 0.0846. The van der Waals surface area contributed by atoms with Gasteiger partial charge >= 0.3 is 0 Å². The Bertz CT molecular complexity index is 1200. The quantitative estimate of drug-likeness (QED) is 0.509. The highest BCUT2D eigenvalue weighted by molar-refractivity contribution is 5.85. The van der Waals surface area contributed by atoms with Crippen LogP contribution in [0, 0.1) is 11.5 Å². The Labute approximate surface area is 161 Å². The summed E-state index contributed by atoms with van der Waals surface area (Å²) in [5.41, 5.74) is 4.14. The molecule has 0 saturated carbocycles. The van der Waals surface area contributed by atoms with E-state index in [0.29, 0.717) is 11.7 Å². The second-order valence-corrected chi connectivity index (χ2v) is 7.03. The van der Waals surface area contributed by atoms with Gasteiger partial charge in [-0.1, -0.05) is 23.4 Å². The van der Waals surface area contributed by atoms with Gasteiger partial charge in [-0.15, -0.1) is 0 Å². The number of likely N-dealkylation sites (tertiary alicyclic amines) is 1. The maximum absolute atomic E-state index is 9.24. The minimum Gasteiger partial charge on any atom is -0.334 e. The predicted octanol–water partition coefficient (Wildman–Crippen LogP) is 3.91. The van der Waals surface area contributed by atoms with Gasteiger partial charge in [-0.3, -0.25) is 9.58 Å². The molecule has 28 heavy (non-hydrogen) atoms. The molecular weight excluding hydrogens is 352 g/mol. The van der Waals surface area contributed by atoms with Crippen molar-refractivity contribution in [1.82, 2.24) is 24.8 Å². The van der Waals surface area contributed by atoms with E-state index in [1.54, 1.807) is 4.90 Å². The molecule has 7 heteroatoms. The standard InChI is InChI=1S/C21H18N6O/c1-26-18-8-7-15(11-17(18)12-23-26)14-4-2-5-16(10-14)21-24-20(25-28-21)19-6-3-9-27(19)13-22/h2,4-5,7-8,10-12,19H,3,6,9H2,1H3. The molecule has 1 aliphatic heterocycles. The minimum atomic E-state index is -0.0846. The Kier molecular flexibility index (Phi) is 3.83. The molecule has 0 N–H and O–H groups in total. The summed E-state index contributed by atoms with van der Waals surface area (Å²) in [6.45, 7) is 0.747. The van der Waals surface area contributed by atoms with E-state index in [1.807, 2.05) is 36.1 Å². The molecule has 3 heterocycles. The van der Waals surface area contributed by atoms with Crippen LogP contribution in [0.2, 0.25) is 0 Å². The van der Waals surface area contributed by atoms with Crippen LogP contribution in [0.5, 0.6) is 0 Å². The third kappa shape index (κ3) is 2.70. The summed E-state index contributed by atoms with van der Waals surface area (Å²) in [7, 11) is 1.94. The average Bonchev–Trinajstić information content (AvgIpc) is 3.47. The highest BCUT2D eigenvalue weighted by atomic mass is 16.5. The second-order valence-electron chi connectivity index (χ2n) is 7.03. The first-order chi connectivity index (χ1) is 13.7. The molecule has 1 unspecified atom stereocenters. The van der Waals surface area contributed by atoms with Crippen molar-refractivity contribution in [1.29, 1.82) is 5.26 Å². The molecule has 0 bridgehead atoms. The van der Waals surface area contributed by atoms with Gasteiger partial charge < -0.3 is 4.52 Å². The lowest BCUT2D eigenvalue weighted by molar-refractivity contribution is 0.339. The lowest BCUT2D eigenvalue weighted by Crippen LogP contribution is -2.17. The fraction of sp³-hybridized carbons (Fsp3) is 0.238. The fourth-order valence-electron chi connectivity index (χ4n) is 3.82. The number of hydrogen-bond donors (Lipinski definition) is 0. The van der Waals surface area contributed by atoms with Crippen LogP contribution in [0.4, 0.5) is 0 Å². The predicted molar refractivity (Wildman–Crippen MR) is 104 cm³/mol. The van der Waals surface area contributed by atoms with Crippen molar-refractivity contribution in [3.63, 3.8) is 0 Å². The van der Waals surface area contributed by atoms with Crippen LogP contribution in [0.15, 0.2) is 53.2 Å². The lowest BCUT2D eigenvalue weighted by Gasteiger charge is -2.13. The van der Waals surface area contributed by atoms with E-state index in [1.165, 1.54) is 0 Å². The molecule has 4 aromatic rings. The van der Waals surface area contributed by atoms with E-state index in [9.17, 15) is 5.26 Å². The van der Waals surface area contributed by atoms with Gasteiger partial charge in [0.15, 0.2) is 12.0 Å². The van der Waals surface area contributed by atoms with Crippen LogP contribution in [0.3, 0.4) is 0 Å². The van der Waals surface area contributed by atoms with Crippen LogP contribution >= 0.6 is 0 Å². The van der Waals surface area contributed by atoms with Crippen molar-refractivity contribution in [2.75, 3.05) is 6.54 Å². The number of nitriles is 1. The van der Waals surface area contributed by atoms with E-state index in [4.69, 9.17) is 4.52 Å². The Morgan fingerprint density at radius 2 is 2.00 bits per heavy atom. The zero-order valence-electron chi connectivity index (χ0n) is 15.4. The molecule has 2 aromatic carbocycles. The van der Waals surface area contributed by atoms with E-state index >= 15 is 0 Å². The summed E-state index contributed by atoms with van der Waals surface area (Å²) >= 11 is 0. The summed E-state index contributed by atoms with van der Waals surface area (Å²) in [4.78, 5) is 6.28. The highest BCUT2D eigenvalue weighted by Crippen LogP contribution is 2.32. The normalized spacial score (nSPS) is 16.6. The van der Waals surface area contributed by atoms with Crippen molar-refractivity contribution in [3.05, 3.63) is 54.5 Å². The molecule has 0 amide bonds. The lowest BCUT2D eigenvalue weighted by atomic mass is 10.0. The van der Waals surface area contributed by atoms with E-state index in [-0.39, 0.29) is 6.04 Å². The van der Waals surface area contributed by atoms with Crippen molar-refractivity contribution >= 4 is 10.9 Å². The number of aryl methyl sites for hydroxylation is 1. The third-order valence-electron chi connectivity index (χ3n) is 5.31. The topological polar surface area (TPSA) is 83.8 Å². The summed E-state index contributed by atoms with van der Waals surface area (Å²) in [6, 6.07) is 14.3. The van der Waals surface area contributed by atoms with Crippen LogP contribution in [-0.2, 0) is 7.05 Å². The molecular formula is C21H18N6O. The van der Waals surface area contributed by atoms with Gasteiger partial charge in [0.1, 0.15) is 6.04 Å². The zero-order valence-corrected chi connectivity index (χ0v) is 15.4. The van der Waals surface area contributed by atoms with Crippen molar-refractivity contribution in [2.24, 2.45) is 7.05 Å².